The molecule has 0 bridgehead atoms. The normalized spacial score (nSPS) is 12.4. The van der Waals surface area contributed by atoms with Gasteiger partial charge < -0.3 is 0 Å². The van der Waals surface area contributed by atoms with Crippen LogP contribution in [0.1, 0.15) is 22.7 Å². The number of nitrogens with two attached hydrogens (primary N) is 1. The summed E-state index contributed by atoms with van der Waals surface area (Å²) in [5, 5.41) is 0. The quantitative estimate of drug-likeness (QED) is 0.621. The maximum absolute atomic E-state index is 5.63. The van der Waals surface area contributed by atoms with Crippen LogP contribution in [0.25, 0.3) is 0 Å². The Labute approximate surface area is 102 Å². The van der Waals surface area contributed by atoms with Crippen LogP contribution >= 0.6 is 0 Å². The van der Waals surface area contributed by atoms with Crippen LogP contribution in [0.2, 0.25) is 0 Å². The minimum Gasteiger partial charge on any atom is -0.271 e. The molecule has 17 heavy (non-hydrogen) atoms. The van der Waals surface area contributed by atoms with E-state index in [1.165, 1.54) is 16.7 Å². The van der Waals surface area contributed by atoms with Gasteiger partial charge in [-0.05, 0) is 24.5 Å². The highest BCUT2D eigenvalue weighted by atomic mass is 15.2. The second kappa shape index (κ2) is 5.62. The molecule has 0 aliphatic rings. The van der Waals surface area contributed by atoms with Gasteiger partial charge >= 0.3 is 0 Å². The summed E-state index contributed by atoms with van der Waals surface area (Å²) in [4.78, 5) is 0. The smallest absolute Gasteiger partial charge is 0.0500 e. The highest BCUT2D eigenvalue weighted by Crippen LogP contribution is 2.17. The van der Waals surface area contributed by atoms with Gasteiger partial charge in [0.2, 0.25) is 0 Å². The van der Waals surface area contributed by atoms with E-state index in [0.29, 0.717) is 0 Å². The van der Waals surface area contributed by atoms with E-state index in [1.807, 2.05) is 18.2 Å². The number of rotatable bonds is 4. The van der Waals surface area contributed by atoms with E-state index in [2.05, 4.69) is 48.7 Å². The first-order chi connectivity index (χ1) is 8.29. The van der Waals surface area contributed by atoms with Gasteiger partial charge in [0, 0.05) is 6.04 Å². The number of benzene rings is 2. The molecule has 2 aromatic carbocycles. The number of hydrazine groups is 1. The summed E-state index contributed by atoms with van der Waals surface area (Å²) in [6, 6.07) is 19.0. The van der Waals surface area contributed by atoms with Crippen LogP contribution in [0.4, 0.5) is 0 Å². The Morgan fingerprint density at radius 3 is 2.24 bits per heavy atom. The zero-order valence-corrected chi connectivity index (χ0v) is 10.1. The molecule has 0 radical (unpaired) electrons. The summed E-state index contributed by atoms with van der Waals surface area (Å²) in [6.45, 7) is 2.10. The van der Waals surface area contributed by atoms with Gasteiger partial charge in [0.05, 0.1) is 0 Å². The van der Waals surface area contributed by atoms with Gasteiger partial charge in [-0.3, -0.25) is 11.3 Å². The average molecular weight is 226 g/mol. The molecule has 3 N–H and O–H groups in total. The largest absolute Gasteiger partial charge is 0.271 e. The molecule has 0 aliphatic heterocycles. The average Bonchev–Trinajstić information content (AvgIpc) is 2.39. The van der Waals surface area contributed by atoms with Gasteiger partial charge in [-0.2, -0.15) is 0 Å². The maximum Gasteiger partial charge on any atom is 0.0500 e. The molecule has 88 valence electrons. The summed E-state index contributed by atoms with van der Waals surface area (Å²) in [5.41, 5.74) is 6.68. The third-order valence-corrected chi connectivity index (χ3v) is 2.96. The van der Waals surface area contributed by atoms with Crippen LogP contribution < -0.4 is 11.3 Å². The van der Waals surface area contributed by atoms with Crippen molar-refractivity contribution in [1.82, 2.24) is 5.43 Å². The van der Waals surface area contributed by atoms with E-state index in [1.54, 1.807) is 0 Å². The third-order valence-electron chi connectivity index (χ3n) is 2.96. The Kier molecular flexibility index (Phi) is 3.91. The Hall–Kier alpha value is -1.64. The van der Waals surface area contributed by atoms with Crippen molar-refractivity contribution in [3.8, 4) is 0 Å². The maximum atomic E-state index is 5.63. The lowest BCUT2D eigenvalue weighted by atomic mass is 9.99. The van der Waals surface area contributed by atoms with Crippen LogP contribution in [0.3, 0.4) is 0 Å². The van der Waals surface area contributed by atoms with E-state index in [0.717, 1.165) is 6.42 Å². The molecule has 2 aromatic rings. The summed E-state index contributed by atoms with van der Waals surface area (Å²) in [7, 11) is 0. The topological polar surface area (TPSA) is 38.0 Å². The minimum absolute atomic E-state index is 0.166. The van der Waals surface area contributed by atoms with Gasteiger partial charge in [-0.1, -0.05) is 60.2 Å². The van der Waals surface area contributed by atoms with Gasteiger partial charge in [0.15, 0.2) is 0 Å². The summed E-state index contributed by atoms with van der Waals surface area (Å²) in [6.07, 6.45) is 0.904. The van der Waals surface area contributed by atoms with Gasteiger partial charge in [-0.15, -0.1) is 0 Å². The molecule has 0 amide bonds. The lowest BCUT2D eigenvalue weighted by molar-refractivity contribution is 0.552. The summed E-state index contributed by atoms with van der Waals surface area (Å²) < 4.78 is 0. The second-order valence-electron chi connectivity index (χ2n) is 4.32. The molecule has 2 heteroatoms. The number of nitrogens with one attached hydrogen (secondary N) is 1. The fourth-order valence-electron chi connectivity index (χ4n) is 1.92. The molecule has 0 saturated heterocycles. The Balaban J connectivity index is 2.13. The first kappa shape index (κ1) is 11.8. The third kappa shape index (κ3) is 3.16. The second-order valence-corrected chi connectivity index (χ2v) is 4.32. The van der Waals surface area contributed by atoms with Gasteiger partial charge in [0.1, 0.15) is 0 Å². The van der Waals surface area contributed by atoms with E-state index >= 15 is 0 Å². The predicted molar refractivity (Wildman–Crippen MR) is 71.4 cm³/mol. The van der Waals surface area contributed by atoms with Crippen molar-refractivity contribution in [2.24, 2.45) is 5.84 Å². The van der Waals surface area contributed by atoms with Crippen LogP contribution in [-0.2, 0) is 6.42 Å². The Bertz CT molecular complexity index is 448. The monoisotopic (exact) mass is 226 g/mol. The first-order valence-electron chi connectivity index (χ1n) is 5.86. The molecule has 0 spiro atoms. The van der Waals surface area contributed by atoms with Crippen LogP contribution in [0.15, 0.2) is 54.6 Å². The van der Waals surface area contributed by atoms with Crippen molar-refractivity contribution in [3.05, 3.63) is 71.3 Å². The molecule has 0 aromatic heterocycles. The van der Waals surface area contributed by atoms with Crippen molar-refractivity contribution < 1.29 is 0 Å². The molecule has 0 fully saturated rings. The molecule has 0 aliphatic carbocycles. The van der Waals surface area contributed by atoms with Crippen LogP contribution in [0.5, 0.6) is 0 Å². The lowest BCUT2D eigenvalue weighted by Crippen LogP contribution is -2.29. The van der Waals surface area contributed by atoms with E-state index in [-0.39, 0.29) is 6.04 Å². The highest BCUT2D eigenvalue weighted by Gasteiger charge is 2.09. The molecular formula is C15H18N2. The van der Waals surface area contributed by atoms with Crippen molar-refractivity contribution >= 4 is 0 Å². The lowest BCUT2D eigenvalue weighted by Gasteiger charge is -2.16. The fraction of sp³-hybridized carbons (Fsp3) is 0.200. The van der Waals surface area contributed by atoms with Crippen LogP contribution in [-0.4, -0.2) is 0 Å². The number of hydrogen-bond donors (Lipinski definition) is 2. The van der Waals surface area contributed by atoms with Crippen molar-refractivity contribution in [2.75, 3.05) is 0 Å². The predicted octanol–water partition coefficient (Wildman–Crippen LogP) is 2.74. The summed E-state index contributed by atoms with van der Waals surface area (Å²) >= 11 is 0. The van der Waals surface area contributed by atoms with Gasteiger partial charge in [0.25, 0.3) is 0 Å². The molecule has 2 rings (SSSR count). The van der Waals surface area contributed by atoms with Gasteiger partial charge in [-0.25, -0.2) is 0 Å². The molecular weight excluding hydrogens is 208 g/mol. The van der Waals surface area contributed by atoms with E-state index in [9.17, 15) is 0 Å². The summed E-state index contributed by atoms with van der Waals surface area (Å²) in [5.74, 6) is 5.63. The standard InChI is InChI=1S/C15H18N2/c1-12-7-9-13(10-8-12)11-15(17-16)14-5-3-2-4-6-14/h2-10,15,17H,11,16H2,1H3/t15-/m0/s1. The zero-order valence-electron chi connectivity index (χ0n) is 10.1. The first-order valence-corrected chi connectivity index (χ1v) is 5.86. The number of hydrogen-bond acceptors (Lipinski definition) is 2. The molecule has 2 nitrogen and oxygen atoms in total. The molecule has 0 heterocycles. The number of aryl methyl sites for hydroxylation is 1. The zero-order chi connectivity index (χ0) is 12.1. The fourth-order valence-corrected chi connectivity index (χ4v) is 1.92. The minimum atomic E-state index is 0.166. The van der Waals surface area contributed by atoms with Crippen molar-refractivity contribution in [1.29, 1.82) is 0 Å². The Morgan fingerprint density at radius 1 is 1.00 bits per heavy atom. The van der Waals surface area contributed by atoms with Crippen LogP contribution in [0, 0.1) is 6.92 Å². The molecule has 0 unspecified atom stereocenters. The van der Waals surface area contributed by atoms with E-state index in [4.69, 9.17) is 5.84 Å². The van der Waals surface area contributed by atoms with E-state index < -0.39 is 0 Å². The molecule has 1 atom stereocenters. The molecule has 0 saturated carbocycles. The SMILES string of the molecule is Cc1ccc(C[C@H](NN)c2ccccc2)cc1. The van der Waals surface area contributed by atoms with Crippen molar-refractivity contribution in [3.63, 3.8) is 0 Å². The highest BCUT2D eigenvalue weighted by molar-refractivity contribution is 5.25. The van der Waals surface area contributed by atoms with Crippen molar-refractivity contribution in [2.45, 2.75) is 19.4 Å². The Morgan fingerprint density at radius 2 is 1.65 bits per heavy atom.